The van der Waals surface area contributed by atoms with Crippen LogP contribution in [0.2, 0.25) is 0 Å². The second kappa shape index (κ2) is 4.30. The highest BCUT2D eigenvalue weighted by Crippen LogP contribution is 2.13. The summed E-state index contributed by atoms with van der Waals surface area (Å²) in [5, 5.41) is 7.62. The molecule has 0 amide bonds. The molecule has 0 aliphatic rings. The van der Waals surface area contributed by atoms with Gasteiger partial charge in [0.25, 0.3) is 0 Å². The Bertz CT molecular complexity index is 250. The fourth-order valence-corrected chi connectivity index (χ4v) is 1.17. The first kappa shape index (κ1) is 10.1. The van der Waals surface area contributed by atoms with E-state index in [0.29, 0.717) is 12.0 Å². The van der Waals surface area contributed by atoms with E-state index < -0.39 is 0 Å². The first-order valence-electron chi connectivity index (χ1n) is 4.88. The van der Waals surface area contributed by atoms with E-state index in [1.165, 1.54) is 0 Å². The molecule has 0 fully saturated rings. The zero-order valence-corrected chi connectivity index (χ0v) is 8.91. The lowest BCUT2D eigenvalue weighted by Crippen LogP contribution is -2.13. The number of hydrogen-bond donors (Lipinski definition) is 1. The number of hydrogen-bond acceptors (Lipinski definition) is 2. The zero-order valence-electron chi connectivity index (χ0n) is 8.91. The van der Waals surface area contributed by atoms with Gasteiger partial charge >= 0.3 is 0 Å². The van der Waals surface area contributed by atoms with Crippen LogP contribution in [0, 0.1) is 5.92 Å². The van der Waals surface area contributed by atoms with E-state index in [1.807, 2.05) is 16.9 Å². The van der Waals surface area contributed by atoms with E-state index in [2.05, 4.69) is 38.1 Å². The molecule has 1 heterocycles. The van der Waals surface area contributed by atoms with Gasteiger partial charge < -0.3 is 5.32 Å². The van der Waals surface area contributed by atoms with Gasteiger partial charge in [0.1, 0.15) is 5.82 Å². The molecule has 1 aromatic heterocycles. The highest BCUT2D eigenvalue weighted by atomic mass is 15.3. The predicted molar refractivity (Wildman–Crippen MR) is 55.9 cm³/mol. The van der Waals surface area contributed by atoms with Gasteiger partial charge in [-0.15, -0.1) is 0 Å². The summed E-state index contributed by atoms with van der Waals surface area (Å²) < 4.78 is 2.00. The quantitative estimate of drug-likeness (QED) is 0.773. The first-order valence-corrected chi connectivity index (χ1v) is 4.88. The van der Waals surface area contributed by atoms with Gasteiger partial charge in [-0.3, -0.25) is 0 Å². The van der Waals surface area contributed by atoms with Crippen molar-refractivity contribution in [3.8, 4) is 0 Å². The van der Waals surface area contributed by atoms with Gasteiger partial charge in [0, 0.05) is 18.7 Å². The molecular formula is C10H19N3. The average molecular weight is 181 g/mol. The van der Waals surface area contributed by atoms with Gasteiger partial charge in [-0.1, -0.05) is 13.8 Å². The van der Waals surface area contributed by atoms with E-state index in [9.17, 15) is 0 Å². The van der Waals surface area contributed by atoms with Gasteiger partial charge in [0.05, 0.1) is 6.20 Å². The number of anilines is 1. The predicted octanol–water partition coefficient (Wildman–Crippen LogP) is 2.53. The Labute approximate surface area is 80.1 Å². The summed E-state index contributed by atoms with van der Waals surface area (Å²) in [7, 11) is 0. The minimum absolute atomic E-state index is 0.421. The van der Waals surface area contributed by atoms with Crippen LogP contribution in [-0.4, -0.2) is 16.3 Å². The molecule has 0 radical (unpaired) electrons. The summed E-state index contributed by atoms with van der Waals surface area (Å²) in [4.78, 5) is 0. The second-order valence-corrected chi connectivity index (χ2v) is 4.03. The molecule has 0 saturated heterocycles. The fourth-order valence-electron chi connectivity index (χ4n) is 1.17. The first-order chi connectivity index (χ1) is 6.11. The molecule has 0 aliphatic carbocycles. The van der Waals surface area contributed by atoms with Crippen molar-refractivity contribution in [1.82, 2.24) is 9.78 Å². The minimum atomic E-state index is 0.421. The molecule has 1 rings (SSSR count). The topological polar surface area (TPSA) is 29.9 Å². The van der Waals surface area contributed by atoms with Crippen molar-refractivity contribution in [2.24, 2.45) is 5.92 Å². The van der Waals surface area contributed by atoms with Gasteiger partial charge in [-0.25, -0.2) is 4.68 Å². The third kappa shape index (κ3) is 2.76. The second-order valence-electron chi connectivity index (χ2n) is 4.03. The maximum absolute atomic E-state index is 4.25. The Morgan fingerprint density at radius 3 is 2.62 bits per heavy atom. The van der Waals surface area contributed by atoms with Crippen LogP contribution in [0.4, 0.5) is 5.82 Å². The highest BCUT2D eigenvalue weighted by Gasteiger charge is 2.04. The van der Waals surface area contributed by atoms with Crippen molar-refractivity contribution in [2.45, 2.75) is 33.7 Å². The Morgan fingerprint density at radius 1 is 1.38 bits per heavy atom. The monoisotopic (exact) mass is 181 g/mol. The van der Waals surface area contributed by atoms with Crippen LogP contribution < -0.4 is 5.32 Å². The highest BCUT2D eigenvalue weighted by molar-refractivity contribution is 5.34. The van der Waals surface area contributed by atoms with Crippen LogP contribution in [0.25, 0.3) is 0 Å². The molecule has 3 heteroatoms. The Kier molecular flexibility index (Phi) is 3.34. The lowest BCUT2D eigenvalue weighted by Gasteiger charge is -2.13. The third-order valence-electron chi connectivity index (χ3n) is 1.85. The van der Waals surface area contributed by atoms with Crippen LogP contribution in [0.5, 0.6) is 0 Å². The van der Waals surface area contributed by atoms with Crippen molar-refractivity contribution < 1.29 is 0 Å². The molecule has 0 aliphatic heterocycles. The molecule has 0 saturated carbocycles. The van der Waals surface area contributed by atoms with Crippen molar-refractivity contribution in [3.63, 3.8) is 0 Å². The molecule has 13 heavy (non-hydrogen) atoms. The number of aromatic nitrogens is 2. The molecule has 74 valence electrons. The standard InChI is InChI=1S/C10H19N3/c1-8(2)7-11-10-5-6-12-13(10)9(3)4/h5-6,8-9,11H,7H2,1-4H3. The molecule has 0 aromatic carbocycles. The van der Waals surface area contributed by atoms with E-state index in [4.69, 9.17) is 0 Å². The van der Waals surface area contributed by atoms with E-state index in [1.54, 1.807) is 0 Å². The normalized spacial score (nSPS) is 11.2. The molecule has 1 aromatic rings. The molecule has 0 unspecified atom stereocenters. The fraction of sp³-hybridized carbons (Fsp3) is 0.700. The van der Waals surface area contributed by atoms with Crippen molar-refractivity contribution in [3.05, 3.63) is 12.3 Å². The molecule has 0 bridgehead atoms. The number of nitrogens with one attached hydrogen (secondary N) is 1. The largest absolute Gasteiger partial charge is 0.370 e. The summed E-state index contributed by atoms with van der Waals surface area (Å²) in [5.41, 5.74) is 0. The Morgan fingerprint density at radius 2 is 2.08 bits per heavy atom. The number of rotatable bonds is 4. The van der Waals surface area contributed by atoms with Crippen molar-refractivity contribution in [2.75, 3.05) is 11.9 Å². The van der Waals surface area contributed by atoms with Crippen LogP contribution in [0.3, 0.4) is 0 Å². The molecule has 1 N–H and O–H groups in total. The molecule has 0 spiro atoms. The summed E-state index contributed by atoms with van der Waals surface area (Å²) in [5.74, 6) is 1.78. The summed E-state index contributed by atoms with van der Waals surface area (Å²) >= 11 is 0. The zero-order chi connectivity index (χ0) is 9.84. The van der Waals surface area contributed by atoms with Gasteiger partial charge in [-0.05, 0) is 19.8 Å². The minimum Gasteiger partial charge on any atom is -0.370 e. The summed E-state index contributed by atoms with van der Waals surface area (Å²) in [6.07, 6.45) is 1.84. The lowest BCUT2D eigenvalue weighted by molar-refractivity contribution is 0.535. The van der Waals surface area contributed by atoms with Gasteiger partial charge in [0.15, 0.2) is 0 Å². The lowest BCUT2D eigenvalue weighted by atomic mass is 10.2. The number of nitrogens with zero attached hydrogens (tertiary/aromatic N) is 2. The Hall–Kier alpha value is -0.990. The molecule has 0 atom stereocenters. The molecular weight excluding hydrogens is 162 g/mol. The van der Waals surface area contributed by atoms with E-state index in [-0.39, 0.29) is 0 Å². The van der Waals surface area contributed by atoms with Crippen LogP contribution in [-0.2, 0) is 0 Å². The van der Waals surface area contributed by atoms with Gasteiger partial charge in [0.2, 0.25) is 0 Å². The maximum Gasteiger partial charge on any atom is 0.124 e. The van der Waals surface area contributed by atoms with Crippen LogP contribution in [0.15, 0.2) is 12.3 Å². The van der Waals surface area contributed by atoms with Crippen LogP contribution in [0.1, 0.15) is 33.7 Å². The summed E-state index contributed by atoms with van der Waals surface area (Å²) in [6.45, 7) is 9.66. The summed E-state index contributed by atoms with van der Waals surface area (Å²) in [6, 6.07) is 2.44. The smallest absolute Gasteiger partial charge is 0.124 e. The third-order valence-corrected chi connectivity index (χ3v) is 1.85. The van der Waals surface area contributed by atoms with Crippen molar-refractivity contribution >= 4 is 5.82 Å². The SMILES string of the molecule is CC(C)CNc1ccnn1C(C)C. The molecule has 3 nitrogen and oxygen atoms in total. The Balaban J connectivity index is 2.60. The maximum atomic E-state index is 4.25. The van der Waals surface area contributed by atoms with Gasteiger partial charge in [-0.2, -0.15) is 5.10 Å². The average Bonchev–Trinajstić information content (AvgIpc) is 2.47. The van der Waals surface area contributed by atoms with E-state index >= 15 is 0 Å². The van der Waals surface area contributed by atoms with Crippen LogP contribution >= 0.6 is 0 Å². The van der Waals surface area contributed by atoms with E-state index in [0.717, 1.165) is 12.4 Å². The van der Waals surface area contributed by atoms with Crippen molar-refractivity contribution in [1.29, 1.82) is 0 Å².